The average Bonchev–Trinajstić information content (AvgIpc) is 3.85. The summed E-state index contributed by atoms with van der Waals surface area (Å²) < 4.78 is 2.40. The van der Waals surface area contributed by atoms with Gasteiger partial charge in [-0.25, -0.2) is 0 Å². The fourth-order valence-corrected chi connectivity index (χ4v) is 11.4. The Bertz CT molecular complexity index is 3890. The van der Waals surface area contributed by atoms with Crippen LogP contribution >= 0.6 is 0 Å². The van der Waals surface area contributed by atoms with Crippen LogP contribution in [-0.4, -0.2) is 4.57 Å². The van der Waals surface area contributed by atoms with E-state index in [1.54, 1.807) is 0 Å². The van der Waals surface area contributed by atoms with Crippen molar-refractivity contribution in [3.63, 3.8) is 0 Å². The van der Waals surface area contributed by atoms with E-state index in [4.69, 9.17) is 0 Å². The first-order valence-electron chi connectivity index (χ1n) is 23.3. The minimum atomic E-state index is -0.138. The minimum absolute atomic E-state index is 0.138. The van der Waals surface area contributed by atoms with Gasteiger partial charge in [-0.05, 0) is 138 Å². The van der Waals surface area contributed by atoms with E-state index in [0.29, 0.717) is 0 Å². The molecular formula is C65H46N2. The Kier molecular flexibility index (Phi) is 8.91. The molecule has 0 saturated heterocycles. The van der Waals surface area contributed by atoms with Crippen molar-refractivity contribution in [3.8, 4) is 50.2 Å². The van der Waals surface area contributed by atoms with Crippen molar-refractivity contribution in [1.29, 1.82) is 0 Å². The van der Waals surface area contributed by atoms with Crippen LogP contribution in [0.2, 0.25) is 0 Å². The predicted molar refractivity (Wildman–Crippen MR) is 284 cm³/mol. The smallest absolute Gasteiger partial charge is 0.0547 e. The molecule has 1 aliphatic carbocycles. The second-order valence-electron chi connectivity index (χ2n) is 18.5. The van der Waals surface area contributed by atoms with E-state index < -0.39 is 0 Å². The summed E-state index contributed by atoms with van der Waals surface area (Å²) in [6, 6.07) is 89.4. The van der Waals surface area contributed by atoms with Crippen molar-refractivity contribution in [2.75, 3.05) is 4.90 Å². The molecule has 0 radical (unpaired) electrons. The number of rotatable bonds is 7. The van der Waals surface area contributed by atoms with Crippen LogP contribution in [0.5, 0.6) is 0 Å². The predicted octanol–water partition coefficient (Wildman–Crippen LogP) is 17.9. The van der Waals surface area contributed by atoms with Gasteiger partial charge in [0.25, 0.3) is 0 Å². The number of hydrogen-bond donors (Lipinski definition) is 0. The van der Waals surface area contributed by atoms with Crippen LogP contribution in [0, 0.1) is 0 Å². The van der Waals surface area contributed by atoms with Crippen LogP contribution in [-0.2, 0) is 5.41 Å². The standard InChI is InChI=1S/C65H46N2/c1-65(2)60-32-10-8-25-57(60)58-31-15-29-54(64(58)65)46-19-13-23-50(42-46)66(48-38-35-44(36-39-48)52-27-14-30-55-51-24-7-6-17-43(51)37-40-56(52)55)49-22-12-18-45(41-49)53-28-16-34-62-63(53)59-26-9-11-33-61(59)67(62)47-20-4-3-5-21-47/h3-42H,1-2H3. The molecular weight excluding hydrogens is 809 g/mol. The Balaban J connectivity index is 0.980. The zero-order valence-corrected chi connectivity index (χ0v) is 37.5. The topological polar surface area (TPSA) is 8.17 Å². The van der Waals surface area contributed by atoms with Gasteiger partial charge in [0.05, 0.1) is 11.0 Å². The molecule has 316 valence electrons. The van der Waals surface area contributed by atoms with Gasteiger partial charge in [0.1, 0.15) is 0 Å². The van der Waals surface area contributed by atoms with E-state index in [0.717, 1.165) is 22.7 Å². The lowest BCUT2D eigenvalue weighted by molar-refractivity contribution is 0.662. The lowest BCUT2D eigenvalue weighted by atomic mass is 9.79. The molecule has 0 saturated carbocycles. The minimum Gasteiger partial charge on any atom is -0.310 e. The molecule has 1 heterocycles. The SMILES string of the molecule is CC1(C)c2ccccc2-c2cccc(-c3cccc(N(c4ccc(-c5cccc6c5ccc5ccccc56)cc4)c4cccc(-c5cccc6c5c5ccccc5n6-c5ccccc5)c4)c3)c21. The van der Waals surface area contributed by atoms with Gasteiger partial charge < -0.3 is 9.47 Å². The zero-order chi connectivity index (χ0) is 44.6. The first-order valence-corrected chi connectivity index (χ1v) is 23.3. The van der Waals surface area contributed by atoms with Crippen LogP contribution < -0.4 is 4.90 Å². The van der Waals surface area contributed by atoms with Crippen LogP contribution in [0.3, 0.4) is 0 Å². The Morgan fingerprint density at radius 3 is 1.75 bits per heavy atom. The summed E-state index contributed by atoms with van der Waals surface area (Å²) in [7, 11) is 0. The number of anilines is 3. The highest BCUT2D eigenvalue weighted by Gasteiger charge is 2.37. The quantitative estimate of drug-likeness (QED) is 0.145. The maximum absolute atomic E-state index is 2.43. The molecule has 0 aliphatic heterocycles. The molecule has 67 heavy (non-hydrogen) atoms. The van der Waals surface area contributed by atoms with Crippen molar-refractivity contribution in [1.82, 2.24) is 4.57 Å². The van der Waals surface area contributed by atoms with Crippen molar-refractivity contribution in [2.24, 2.45) is 0 Å². The lowest BCUT2D eigenvalue weighted by Gasteiger charge is -2.28. The van der Waals surface area contributed by atoms with Gasteiger partial charge in [-0.1, -0.05) is 196 Å². The molecule has 1 aromatic heterocycles. The Hall–Kier alpha value is -8.46. The van der Waals surface area contributed by atoms with Gasteiger partial charge in [0.15, 0.2) is 0 Å². The molecule has 13 rings (SSSR count). The molecule has 12 aromatic rings. The van der Waals surface area contributed by atoms with Gasteiger partial charge in [-0.2, -0.15) is 0 Å². The fourth-order valence-electron chi connectivity index (χ4n) is 11.4. The highest BCUT2D eigenvalue weighted by molar-refractivity contribution is 6.16. The van der Waals surface area contributed by atoms with Gasteiger partial charge in [0, 0.05) is 38.9 Å². The van der Waals surface area contributed by atoms with Gasteiger partial charge in [-0.15, -0.1) is 0 Å². The van der Waals surface area contributed by atoms with E-state index in [1.165, 1.54) is 99.0 Å². The number of hydrogen-bond acceptors (Lipinski definition) is 1. The number of fused-ring (bicyclic) bond motifs is 9. The van der Waals surface area contributed by atoms with Crippen molar-refractivity contribution < 1.29 is 0 Å². The Morgan fingerprint density at radius 2 is 0.925 bits per heavy atom. The van der Waals surface area contributed by atoms with E-state index in [1.807, 2.05) is 0 Å². The van der Waals surface area contributed by atoms with Crippen molar-refractivity contribution in [2.45, 2.75) is 19.3 Å². The lowest BCUT2D eigenvalue weighted by Crippen LogP contribution is -2.16. The van der Waals surface area contributed by atoms with Crippen LogP contribution in [0.4, 0.5) is 17.1 Å². The number of benzene rings is 11. The normalized spacial score (nSPS) is 12.7. The Labute approximate surface area is 391 Å². The first kappa shape index (κ1) is 39.0. The molecule has 1 aliphatic rings. The van der Waals surface area contributed by atoms with E-state index in [2.05, 4.69) is 266 Å². The molecule has 2 heteroatoms. The van der Waals surface area contributed by atoms with Gasteiger partial charge in [-0.3, -0.25) is 0 Å². The van der Waals surface area contributed by atoms with Crippen molar-refractivity contribution in [3.05, 3.63) is 254 Å². The van der Waals surface area contributed by atoms with Gasteiger partial charge in [0.2, 0.25) is 0 Å². The fraction of sp³-hybridized carbons (Fsp3) is 0.0462. The summed E-state index contributed by atoms with van der Waals surface area (Å²) in [5.41, 5.74) is 19.4. The molecule has 0 bridgehead atoms. The molecule has 2 nitrogen and oxygen atoms in total. The first-order chi connectivity index (χ1) is 33.0. The number of aromatic nitrogens is 1. The summed E-state index contributed by atoms with van der Waals surface area (Å²) in [5, 5.41) is 7.56. The average molecular weight is 855 g/mol. The molecule has 0 N–H and O–H groups in total. The molecule has 0 amide bonds. The zero-order valence-electron chi connectivity index (χ0n) is 37.5. The van der Waals surface area contributed by atoms with E-state index in [9.17, 15) is 0 Å². The monoisotopic (exact) mass is 854 g/mol. The third-order valence-corrected chi connectivity index (χ3v) is 14.3. The second kappa shape index (κ2) is 15.3. The summed E-state index contributed by atoms with van der Waals surface area (Å²) in [4.78, 5) is 2.43. The summed E-state index contributed by atoms with van der Waals surface area (Å²) in [6.07, 6.45) is 0. The molecule has 0 fully saturated rings. The third-order valence-electron chi connectivity index (χ3n) is 14.3. The molecule has 0 unspecified atom stereocenters. The third kappa shape index (κ3) is 6.18. The summed E-state index contributed by atoms with van der Waals surface area (Å²) in [6.45, 7) is 4.75. The number of nitrogens with zero attached hydrogens (tertiary/aromatic N) is 2. The van der Waals surface area contributed by atoms with Crippen LogP contribution in [0.1, 0.15) is 25.0 Å². The molecule has 0 spiro atoms. The molecule has 11 aromatic carbocycles. The van der Waals surface area contributed by atoms with E-state index >= 15 is 0 Å². The molecule has 0 atom stereocenters. The van der Waals surface area contributed by atoms with Crippen molar-refractivity contribution >= 4 is 60.4 Å². The van der Waals surface area contributed by atoms with Gasteiger partial charge >= 0.3 is 0 Å². The highest BCUT2D eigenvalue weighted by Crippen LogP contribution is 2.52. The van der Waals surface area contributed by atoms with E-state index in [-0.39, 0.29) is 5.41 Å². The van der Waals surface area contributed by atoms with Crippen LogP contribution in [0.25, 0.3) is 93.5 Å². The summed E-state index contributed by atoms with van der Waals surface area (Å²) >= 11 is 0. The highest BCUT2D eigenvalue weighted by atomic mass is 15.1. The maximum atomic E-state index is 2.43. The Morgan fingerprint density at radius 1 is 0.343 bits per heavy atom. The van der Waals surface area contributed by atoms with Crippen LogP contribution in [0.15, 0.2) is 243 Å². The number of para-hydroxylation sites is 2. The second-order valence-corrected chi connectivity index (χ2v) is 18.5. The summed E-state index contributed by atoms with van der Waals surface area (Å²) in [5.74, 6) is 0. The maximum Gasteiger partial charge on any atom is 0.0547 e. The largest absolute Gasteiger partial charge is 0.310 e.